The van der Waals surface area contributed by atoms with Crippen LogP contribution in [0.4, 0.5) is 0 Å². The predicted octanol–water partition coefficient (Wildman–Crippen LogP) is -0.176. The summed E-state index contributed by atoms with van der Waals surface area (Å²) in [4.78, 5) is 40.8. The van der Waals surface area contributed by atoms with Crippen LogP contribution in [-0.2, 0) is 11.3 Å². The minimum absolute atomic E-state index is 0.171. The lowest BCUT2D eigenvalue weighted by molar-refractivity contribution is -0.122. The highest BCUT2D eigenvalue weighted by Crippen LogP contribution is 2.08. The van der Waals surface area contributed by atoms with Crippen molar-refractivity contribution in [2.75, 3.05) is 6.54 Å². The number of nitrogens with one attached hydrogen (secondary N) is 2. The molecule has 0 aliphatic carbocycles. The summed E-state index contributed by atoms with van der Waals surface area (Å²) in [6.45, 7) is 3.49. The van der Waals surface area contributed by atoms with E-state index in [2.05, 4.69) is 15.3 Å². The Morgan fingerprint density at radius 2 is 2.26 bits per heavy atom. The van der Waals surface area contributed by atoms with Gasteiger partial charge in [0.15, 0.2) is 0 Å². The van der Waals surface area contributed by atoms with Crippen LogP contribution >= 0.6 is 0 Å². The maximum absolute atomic E-state index is 11.9. The Kier molecular flexibility index (Phi) is 5.29. The molecule has 122 valence electrons. The van der Waals surface area contributed by atoms with Crippen LogP contribution in [0, 0.1) is 6.92 Å². The number of hydrogen-bond acceptors (Lipinski definition) is 5. The number of aromatic amines is 1. The van der Waals surface area contributed by atoms with E-state index < -0.39 is 11.2 Å². The quantitative estimate of drug-likeness (QED) is 0.769. The fraction of sp³-hybridized carbons (Fsp3) is 0.333. The standard InChI is InChI=1S/C15H18N4O4/c1-10-8-19(15(22)18-14(10)21)9-13(20)17-6-11(2)23-12-4-3-5-16-7-12/h3-5,7-8,11H,6,9H2,1-2H3,(H,17,20)(H,18,21,22)/t11-/m1/s1. The normalized spacial score (nSPS) is 11.7. The Labute approximate surface area is 132 Å². The highest BCUT2D eigenvalue weighted by atomic mass is 16.5. The lowest BCUT2D eigenvalue weighted by Crippen LogP contribution is -2.39. The second kappa shape index (κ2) is 7.39. The molecule has 1 amide bonds. The molecular formula is C15H18N4O4. The van der Waals surface area contributed by atoms with Crippen molar-refractivity contribution in [3.8, 4) is 5.75 Å². The molecule has 0 spiro atoms. The molecule has 0 aromatic carbocycles. The van der Waals surface area contributed by atoms with Crippen LogP contribution in [0.1, 0.15) is 12.5 Å². The van der Waals surface area contributed by atoms with Gasteiger partial charge >= 0.3 is 5.69 Å². The summed E-state index contributed by atoms with van der Waals surface area (Å²) in [6.07, 6.45) is 4.33. The average Bonchev–Trinajstić information content (AvgIpc) is 2.51. The van der Waals surface area contributed by atoms with E-state index in [0.717, 1.165) is 4.57 Å². The van der Waals surface area contributed by atoms with Crippen molar-refractivity contribution in [1.29, 1.82) is 0 Å². The fourth-order valence-corrected chi connectivity index (χ4v) is 1.89. The van der Waals surface area contributed by atoms with E-state index in [-0.39, 0.29) is 25.1 Å². The minimum atomic E-state index is -0.615. The summed E-state index contributed by atoms with van der Waals surface area (Å²) in [5.74, 6) is 0.266. The predicted molar refractivity (Wildman–Crippen MR) is 83.4 cm³/mol. The molecule has 0 saturated heterocycles. The first-order valence-corrected chi connectivity index (χ1v) is 7.09. The van der Waals surface area contributed by atoms with Gasteiger partial charge in [-0.2, -0.15) is 0 Å². The van der Waals surface area contributed by atoms with Crippen LogP contribution < -0.4 is 21.3 Å². The molecule has 0 aliphatic rings. The van der Waals surface area contributed by atoms with Crippen LogP contribution in [0.25, 0.3) is 0 Å². The highest BCUT2D eigenvalue weighted by Gasteiger charge is 2.09. The van der Waals surface area contributed by atoms with Gasteiger partial charge in [-0.15, -0.1) is 0 Å². The minimum Gasteiger partial charge on any atom is -0.487 e. The van der Waals surface area contributed by atoms with Crippen molar-refractivity contribution in [2.24, 2.45) is 0 Å². The molecule has 2 rings (SSSR count). The van der Waals surface area contributed by atoms with Crippen LogP contribution in [0.3, 0.4) is 0 Å². The van der Waals surface area contributed by atoms with E-state index in [1.165, 1.54) is 6.20 Å². The number of amides is 1. The number of carbonyl (C=O) groups excluding carboxylic acids is 1. The Morgan fingerprint density at radius 1 is 1.48 bits per heavy atom. The van der Waals surface area contributed by atoms with Crippen molar-refractivity contribution in [1.82, 2.24) is 19.9 Å². The third kappa shape index (κ3) is 4.80. The number of hydrogen-bond donors (Lipinski definition) is 2. The first-order chi connectivity index (χ1) is 11.0. The van der Waals surface area contributed by atoms with Crippen LogP contribution in [-0.4, -0.2) is 33.1 Å². The largest absolute Gasteiger partial charge is 0.487 e. The van der Waals surface area contributed by atoms with Crippen molar-refractivity contribution >= 4 is 5.91 Å². The van der Waals surface area contributed by atoms with Crippen molar-refractivity contribution in [3.05, 3.63) is 57.1 Å². The van der Waals surface area contributed by atoms with E-state index in [1.807, 2.05) is 6.92 Å². The second-order valence-electron chi connectivity index (χ2n) is 5.12. The zero-order valence-corrected chi connectivity index (χ0v) is 12.9. The molecule has 0 unspecified atom stereocenters. The van der Waals surface area contributed by atoms with Gasteiger partial charge in [0, 0.05) is 18.0 Å². The summed E-state index contributed by atoms with van der Waals surface area (Å²) in [6, 6.07) is 3.53. The zero-order valence-electron chi connectivity index (χ0n) is 12.9. The molecule has 23 heavy (non-hydrogen) atoms. The van der Waals surface area contributed by atoms with Gasteiger partial charge in [-0.3, -0.25) is 24.1 Å². The van der Waals surface area contributed by atoms with Gasteiger partial charge in [-0.25, -0.2) is 4.79 Å². The van der Waals surface area contributed by atoms with Gasteiger partial charge in [-0.05, 0) is 26.0 Å². The summed E-state index contributed by atoms with van der Waals surface area (Å²) >= 11 is 0. The third-order valence-electron chi connectivity index (χ3n) is 3.06. The van der Waals surface area contributed by atoms with Crippen LogP contribution in [0.2, 0.25) is 0 Å². The van der Waals surface area contributed by atoms with E-state index in [4.69, 9.17) is 4.74 Å². The second-order valence-corrected chi connectivity index (χ2v) is 5.12. The number of carbonyl (C=O) groups is 1. The number of pyridine rings is 1. The third-order valence-corrected chi connectivity index (χ3v) is 3.06. The van der Waals surface area contributed by atoms with E-state index in [9.17, 15) is 14.4 Å². The molecular weight excluding hydrogens is 300 g/mol. The van der Waals surface area contributed by atoms with Gasteiger partial charge < -0.3 is 10.1 Å². The van der Waals surface area contributed by atoms with Crippen molar-refractivity contribution in [2.45, 2.75) is 26.5 Å². The molecule has 0 fully saturated rings. The SMILES string of the molecule is Cc1cn(CC(=O)NC[C@@H](C)Oc2cccnc2)c(=O)[nH]c1=O. The average molecular weight is 318 g/mol. The molecule has 2 aromatic heterocycles. The monoisotopic (exact) mass is 318 g/mol. The highest BCUT2D eigenvalue weighted by molar-refractivity contribution is 5.75. The van der Waals surface area contributed by atoms with Gasteiger partial charge in [-0.1, -0.05) is 0 Å². The van der Waals surface area contributed by atoms with Gasteiger partial charge in [0.1, 0.15) is 18.4 Å². The Balaban J connectivity index is 1.87. The molecule has 2 aromatic rings. The Morgan fingerprint density at radius 3 is 2.96 bits per heavy atom. The van der Waals surface area contributed by atoms with Crippen LogP contribution in [0.5, 0.6) is 5.75 Å². The number of ether oxygens (including phenoxy) is 1. The number of aryl methyl sites for hydroxylation is 1. The molecule has 0 bridgehead atoms. The number of nitrogens with zero attached hydrogens (tertiary/aromatic N) is 2. The smallest absolute Gasteiger partial charge is 0.328 e. The molecule has 0 radical (unpaired) electrons. The van der Waals surface area contributed by atoms with E-state index in [0.29, 0.717) is 11.3 Å². The summed E-state index contributed by atoms with van der Waals surface area (Å²) < 4.78 is 6.73. The lowest BCUT2D eigenvalue weighted by Gasteiger charge is -2.15. The van der Waals surface area contributed by atoms with Gasteiger partial charge in [0.05, 0.1) is 12.7 Å². The van der Waals surface area contributed by atoms with Crippen LogP contribution in [0.15, 0.2) is 40.3 Å². The van der Waals surface area contributed by atoms with Gasteiger partial charge in [0.2, 0.25) is 5.91 Å². The Hall–Kier alpha value is -2.90. The summed E-state index contributed by atoms with van der Waals surface area (Å²) in [5, 5.41) is 2.68. The first kappa shape index (κ1) is 16.5. The lowest BCUT2D eigenvalue weighted by atomic mass is 10.3. The zero-order chi connectivity index (χ0) is 16.8. The number of rotatable bonds is 6. The van der Waals surface area contributed by atoms with Gasteiger partial charge in [0.25, 0.3) is 5.56 Å². The Bertz CT molecular complexity index is 782. The van der Waals surface area contributed by atoms with E-state index in [1.54, 1.807) is 31.5 Å². The molecule has 2 heterocycles. The maximum atomic E-state index is 11.9. The first-order valence-electron chi connectivity index (χ1n) is 7.09. The summed E-state index contributed by atoms with van der Waals surface area (Å²) in [7, 11) is 0. The number of aromatic nitrogens is 3. The fourth-order valence-electron chi connectivity index (χ4n) is 1.89. The molecule has 8 nitrogen and oxygen atoms in total. The van der Waals surface area contributed by atoms with Crippen molar-refractivity contribution < 1.29 is 9.53 Å². The number of H-pyrrole nitrogens is 1. The molecule has 1 atom stereocenters. The molecule has 0 aliphatic heterocycles. The molecule has 0 saturated carbocycles. The molecule has 2 N–H and O–H groups in total. The van der Waals surface area contributed by atoms with E-state index >= 15 is 0 Å². The molecule has 8 heteroatoms. The van der Waals surface area contributed by atoms with Crippen molar-refractivity contribution in [3.63, 3.8) is 0 Å². The maximum Gasteiger partial charge on any atom is 0.328 e. The topological polar surface area (TPSA) is 106 Å². The summed E-state index contributed by atoms with van der Waals surface area (Å²) in [5.41, 5.74) is -0.703.